The van der Waals surface area contributed by atoms with E-state index < -0.39 is 63.4 Å². The van der Waals surface area contributed by atoms with E-state index in [0.717, 1.165) is 16.5 Å². The number of hydrogen-bond donors (Lipinski definition) is 3. The van der Waals surface area contributed by atoms with Crippen molar-refractivity contribution in [3.63, 3.8) is 0 Å². The molecule has 14 heteroatoms. The summed E-state index contributed by atoms with van der Waals surface area (Å²) in [6.07, 6.45) is 7.16. The Labute approximate surface area is 349 Å². The Morgan fingerprint density at radius 1 is 0.933 bits per heavy atom. The molecule has 6 aliphatic rings. The molecule has 1 saturated carbocycles. The molecule has 60 heavy (non-hydrogen) atoms. The van der Waals surface area contributed by atoms with Gasteiger partial charge in [0.1, 0.15) is 17.1 Å². The highest BCUT2D eigenvalue weighted by Gasteiger charge is 2.81. The zero-order valence-electron chi connectivity index (χ0n) is 35.3. The number of anilines is 1. The largest absolute Gasteiger partial charge is 0.496 e. The van der Waals surface area contributed by atoms with E-state index >= 15 is 4.79 Å². The highest BCUT2D eigenvalue weighted by Crippen LogP contribution is 2.69. The quantitative estimate of drug-likeness (QED) is 0.131. The number of carbonyl (C=O) groups excluding carboxylic acids is 4. The van der Waals surface area contributed by atoms with Crippen LogP contribution in [0.15, 0.2) is 48.6 Å². The summed E-state index contributed by atoms with van der Waals surface area (Å²) in [5, 5.41) is 26.3. The number of fused-ring (bicyclic) bond motifs is 6. The number of ether oxygens (including phenoxy) is 4. The molecule has 2 aromatic carbocycles. The first kappa shape index (κ1) is 40.6. The molecular weight excluding hydrogens is 769 g/mol. The SMILES string of the molecule is CC[C@]1(O)C[C@@H]2CN(CCc3c([nH]c4ccccc34)[C@](C(=O)OC)(c3cc4c(cc3OC)N(C=O)[C@H]3[C@@](O)(C(=O)OC)[C@H](C(=O)OC)[C@@]5(CC)C=CCN6CC[C@]43[C@H]65)C2)C1. The summed E-state index contributed by atoms with van der Waals surface area (Å²) in [6.45, 7) is 6.87. The van der Waals surface area contributed by atoms with Gasteiger partial charge in [0.15, 0.2) is 5.60 Å². The molecule has 3 fully saturated rings. The number of carbonyl (C=O) groups is 4. The van der Waals surface area contributed by atoms with E-state index in [1.54, 1.807) is 6.07 Å². The summed E-state index contributed by atoms with van der Waals surface area (Å²) in [4.78, 5) is 67.3. The summed E-state index contributed by atoms with van der Waals surface area (Å²) >= 11 is 0. The van der Waals surface area contributed by atoms with Crippen molar-refractivity contribution in [2.75, 3.05) is 66.1 Å². The fraction of sp³-hybridized carbons (Fsp3) is 0.565. The van der Waals surface area contributed by atoms with Gasteiger partial charge in [0.05, 0.1) is 45.8 Å². The predicted octanol–water partition coefficient (Wildman–Crippen LogP) is 3.38. The average Bonchev–Trinajstić information content (AvgIpc) is 3.94. The molecule has 320 valence electrons. The van der Waals surface area contributed by atoms with Crippen molar-refractivity contribution < 1.29 is 48.3 Å². The van der Waals surface area contributed by atoms with Gasteiger partial charge < -0.3 is 39.0 Å². The maximum Gasteiger partial charge on any atom is 0.341 e. The van der Waals surface area contributed by atoms with E-state index in [1.165, 1.54) is 33.3 Å². The van der Waals surface area contributed by atoms with Crippen molar-refractivity contribution in [3.8, 4) is 5.75 Å². The maximum absolute atomic E-state index is 15.3. The molecule has 1 spiro atoms. The number of hydrogen-bond acceptors (Lipinski definition) is 12. The second-order valence-electron chi connectivity index (χ2n) is 18.1. The summed E-state index contributed by atoms with van der Waals surface area (Å²) in [7, 11) is 5.31. The first-order valence-electron chi connectivity index (χ1n) is 21.2. The van der Waals surface area contributed by atoms with Crippen LogP contribution in [0, 0.1) is 17.3 Å². The van der Waals surface area contributed by atoms with Gasteiger partial charge >= 0.3 is 17.9 Å². The molecule has 1 amide bonds. The molecule has 2 bridgehead atoms. The van der Waals surface area contributed by atoms with Gasteiger partial charge in [0, 0.05) is 71.3 Å². The molecule has 3 N–H and O–H groups in total. The number of benzene rings is 2. The van der Waals surface area contributed by atoms with Crippen LogP contribution >= 0.6 is 0 Å². The fourth-order valence-corrected chi connectivity index (χ4v) is 13.6. The standard InChI is InChI=1S/C46H56N4O10/c1-7-42(55)22-27-23-45(40(53)59-5,36-29(14-18-48(24-27)25-42)28-12-9-10-13-32(28)47-36)31-20-30-33(21-34(31)57-3)50(26-51)39-44(30)16-19-49-17-11-15-43(8-2,38(44)49)35(37(52)58-4)46(39,56)41(54)60-6/h9-13,15,20-21,26-27,35,38-39,47,55-56H,7-8,14,16-19,22-25H2,1-6H3/t27-,35+,38+,39+,42-,43+,44+,45+,46+/m0/s1. The highest BCUT2D eigenvalue weighted by atomic mass is 16.5. The molecule has 10 atom stereocenters. The van der Waals surface area contributed by atoms with Gasteiger partial charge in [-0.15, -0.1) is 0 Å². The molecule has 3 aromatic rings. The number of amides is 1. The van der Waals surface area contributed by atoms with Crippen molar-refractivity contribution in [1.82, 2.24) is 14.8 Å². The maximum atomic E-state index is 15.3. The van der Waals surface area contributed by atoms with Crippen LogP contribution in [0.4, 0.5) is 5.69 Å². The lowest BCUT2D eigenvalue weighted by Gasteiger charge is -2.63. The molecule has 14 nitrogen and oxygen atoms in total. The van der Waals surface area contributed by atoms with Gasteiger partial charge in [-0.25, -0.2) is 4.79 Å². The minimum Gasteiger partial charge on any atom is -0.496 e. The second-order valence-corrected chi connectivity index (χ2v) is 18.1. The van der Waals surface area contributed by atoms with E-state index in [-0.39, 0.29) is 12.3 Å². The molecule has 9 rings (SSSR count). The number of aromatic nitrogens is 1. The highest BCUT2D eigenvalue weighted by molar-refractivity contribution is 5.98. The van der Waals surface area contributed by atoms with Crippen molar-refractivity contribution in [1.29, 1.82) is 0 Å². The summed E-state index contributed by atoms with van der Waals surface area (Å²) in [5.74, 6) is -3.64. The van der Waals surface area contributed by atoms with Crippen LogP contribution in [0.5, 0.6) is 5.75 Å². The molecular formula is C46H56N4O10. The van der Waals surface area contributed by atoms with Gasteiger partial charge in [-0.05, 0) is 74.2 Å². The third kappa shape index (κ3) is 5.07. The Morgan fingerprint density at radius 2 is 1.70 bits per heavy atom. The van der Waals surface area contributed by atoms with E-state index in [4.69, 9.17) is 18.9 Å². The van der Waals surface area contributed by atoms with Gasteiger partial charge in [-0.3, -0.25) is 24.2 Å². The zero-order chi connectivity index (χ0) is 42.6. The minimum absolute atomic E-state index is 0.159. The van der Waals surface area contributed by atoms with Crippen molar-refractivity contribution in [3.05, 3.63) is 70.9 Å². The van der Waals surface area contributed by atoms with Crippen LogP contribution in [0.25, 0.3) is 10.9 Å². The summed E-state index contributed by atoms with van der Waals surface area (Å²) in [6, 6.07) is 9.90. The predicted molar refractivity (Wildman–Crippen MR) is 221 cm³/mol. The topological polar surface area (TPSA) is 171 Å². The second kappa shape index (κ2) is 14.1. The van der Waals surface area contributed by atoms with E-state index in [0.29, 0.717) is 99.5 Å². The lowest BCUT2D eigenvalue weighted by atomic mass is 9.44. The van der Waals surface area contributed by atoms with E-state index in [1.807, 2.05) is 50.3 Å². The normalized spacial score (nSPS) is 36.5. The van der Waals surface area contributed by atoms with Crippen LogP contribution in [0.1, 0.15) is 68.3 Å². The molecule has 6 heterocycles. The van der Waals surface area contributed by atoms with Gasteiger partial charge in [0.25, 0.3) is 0 Å². The Morgan fingerprint density at radius 3 is 2.38 bits per heavy atom. The van der Waals surface area contributed by atoms with Crippen molar-refractivity contribution in [2.45, 2.75) is 86.5 Å². The molecule has 1 unspecified atom stereocenters. The number of aliphatic hydroxyl groups is 2. The Kier molecular flexibility index (Phi) is 9.58. The van der Waals surface area contributed by atoms with Gasteiger partial charge in [-0.1, -0.05) is 44.2 Å². The number of nitrogens with zero attached hydrogens (tertiary/aromatic N) is 3. The summed E-state index contributed by atoms with van der Waals surface area (Å²) < 4.78 is 23.0. The van der Waals surface area contributed by atoms with Crippen LogP contribution in [0.2, 0.25) is 0 Å². The lowest BCUT2D eigenvalue weighted by Crippen LogP contribution is -2.80. The molecule has 5 aliphatic heterocycles. The number of methoxy groups -OCH3 is 4. The Bertz CT molecular complexity index is 2310. The van der Waals surface area contributed by atoms with E-state index in [2.05, 4.69) is 20.9 Å². The van der Waals surface area contributed by atoms with E-state index in [9.17, 15) is 24.6 Å². The van der Waals surface area contributed by atoms with Crippen molar-refractivity contribution >= 4 is 40.9 Å². The smallest absolute Gasteiger partial charge is 0.341 e. The van der Waals surface area contributed by atoms with Gasteiger partial charge in [-0.2, -0.15) is 0 Å². The van der Waals surface area contributed by atoms with Crippen molar-refractivity contribution in [2.24, 2.45) is 17.3 Å². The number of nitrogens with one attached hydrogen (secondary N) is 1. The van der Waals surface area contributed by atoms with Crippen LogP contribution < -0.4 is 9.64 Å². The average molecular weight is 825 g/mol. The lowest BCUT2D eigenvalue weighted by molar-refractivity contribution is -0.210. The van der Waals surface area contributed by atoms with Gasteiger partial charge in [0.2, 0.25) is 6.41 Å². The Hall–Kier alpha value is -4.76. The third-order valence-corrected chi connectivity index (χ3v) is 15.7. The zero-order valence-corrected chi connectivity index (χ0v) is 35.3. The fourth-order valence-electron chi connectivity index (χ4n) is 13.6. The van der Waals surface area contributed by atoms with Crippen LogP contribution in [-0.2, 0) is 50.6 Å². The van der Waals surface area contributed by atoms with Crippen LogP contribution in [0.3, 0.4) is 0 Å². The number of aromatic amines is 1. The number of rotatable bonds is 8. The molecule has 2 saturated heterocycles. The third-order valence-electron chi connectivity index (χ3n) is 15.7. The molecule has 1 aliphatic carbocycles. The van der Waals surface area contributed by atoms with Crippen LogP contribution in [-0.4, -0.2) is 134 Å². The monoisotopic (exact) mass is 824 g/mol. The summed E-state index contributed by atoms with van der Waals surface area (Å²) in [5.41, 5.74) is -3.30. The number of H-pyrrole nitrogens is 1. The first-order valence-corrected chi connectivity index (χ1v) is 21.2. The number of esters is 3. The minimum atomic E-state index is -2.57. The number of para-hydroxylation sites is 1. The number of piperidine rings is 1. The molecule has 1 aromatic heterocycles. The molecule has 0 radical (unpaired) electrons. The Balaban J connectivity index is 1.39. The first-order chi connectivity index (χ1) is 28.8.